The largest absolute Gasteiger partial charge is 0.511 e. The molecular weight excluding hydrogens is 524 g/mol. The van der Waals surface area contributed by atoms with E-state index in [1.54, 1.807) is 13.8 Å². The van der Waals surface area contributed by atoms with Gasteiger partial charge < -0.3 is 10.6 Å². The van der Waals surface area contributed by atoms with Gasteiger partial charge in [-0.25, -0.2) is 16.8 Å². The lowest BCUT2D eigenvalue weighted by Gasteiger charge is -2.33. The Morgan fingerprint density at radius 2 is 1.63 bits per heavy atom. The molecule has 0 bridgehead atoms. The van der Waals surface area contributed by atoms with E-state index in [2.05, 4.69) is 15.6 Å². The summed E-state index contributed by atoms with van der Waals surface area (Å²) >= 11 is 0. The van der Waals surface area contributed by atoms with Gasteiger partial charge in [0.15, 0.2) is 15.8 Å². The second-order valence-electron chi connectivity index (χ2n) is 6.73. The summed E-state index contributed by atoms with van der Waals surface area (Å²) in [5.74, 6) is 0.304. The third-order valence-electron chi connectivity index (χ3n) is 4.34. The van der Waals surface area contributed by atoms with Gasteiger partial charge in [0.2, 0.25) is 0 Å². The lowest BCUT2D eigenvalue weighted by atomic mass is 10.1. The highest BCUT2D eigenvalue weighted by atomic mass is 127. The van der Waals surface area contributed by atoms with Crippen molar-refractivity contribution in [3.05, 3.63) is 0 Å². The first-order valence-electron chi connectivity index (χ1n) is 7.85. The van der Waals surface area contributed by atoms with E-state index in [0.717, 1.165) is 6.26 Å². The number of hydrogen-bond acceptors (Lipinski definition) is 5. The van der Waals surface area contributed by atoms with E-state index in [9.17, 15) is 30.0 Å². The van der Waals surface area contributed by atoms with E-state index in [-0.39, 0.29) is 62.5 Å². The Bertz CT molecular complexity index is 731. The predicted octanol–water partition coefficient (Wildman–Crippen LogP) is 0.907. The summed E-state index contributed by atoms with van der Waals surface area (Å²) in [6.07, 6.45) is 1.47. The molecule has 0 aromatic rings. The van der Waals surface area contributed by atoms with Crippen molar-refractivity contribution in [2.24, 2.45) is 4.99 Å². The van der Waals surface area contributed by atoms with E-state index < -0.39 is 30.1 Å². The molecule has 0 amide bonds. The quantitative estimate of drug-likeness (QED) is 0.300. The molecule has 162 valence electrons. The first kappa shape index (κ1) is 26.6. The summed E-state index contributed by atoms with van der Waals surface area (Å²) in [7, 11) is -7.13. The summed E-state index contributed by atoms with van der Waals surface area (Å²) < 4.78 is 83.3. The van der Waals surface area contributed by atoms with E-state index in [0.29, 0.717) is 10.3 Å². The summed E-state index contributed by atoms with van der Waals surface area (Å²) in [4.78, 5) is 3.96. The zero-order valence-corrected chi connectivity index (χ0v) is 19.5. The number of aliphatic imine (C=N–C) groups is 1. The molecule has 0 aromatic carbocycles. The number of piperidine rings is 1. The lowest BCUT2D eigenvalue weighted by molar-refractivity contribution is -0.0494. The van der Waals surface area contributed by atoms with E-state index in [4.69, 9.17) is 0 Å². The number of sulfonamides is 1. The van der Waals surface area contributed by atoms with Gasteiger partial charge in [0.05, 0.1) is 4.75 Å². The molecule has 1 saturated heterocycles. The highest BCUT2D eigenvalue weighted by molar-refractivity contribution is 14.0. The molecule has 0 unspecified atom stereocenters. The molecule has 0 aliphatic carbocycles. The molecule has 0 aromatic heterocycles. The van der Waals surface area contributed by atoms with Gasteiger partial charge in [0, 0.05) is 39.0 Å². The Balaban J connectivity index is 0.00000676. The molecule has 8 nitrogen and oxygen atoms in total. The van der Waals surface area contributed by atoms with Gasteiger partial charge in [0.25, 0.3) is 0 Å². The number of halogens is 4. The number of nitrogens with one attached hydrogen (secondary N) is 2. The van der Waals surface area contributed by atoms with Gasteiger partial charge in [-0.05, 0) is 26.7 Å². The van der Waals surface area contributed by atoms with Crippen LogP contribution in [0, 0.1) is 0 Å². The molecule has 0 radical (unpaired) electrons. The molecule has 0 atom stereocenters. The SMILES string of the molecule is CN=C(NCC(C)(C)S(C)(=O)=O)NC1CCN(S(=O)(=O)C(F)(F)F)CC1.I. The van der Waals surface area contributed by atoms with Crippen molar-refractivity contribution >= 4 is 49.8 Å². The zero-order chi connectivity index (χ0) is 20.4. The van der Waals surface area contributed by atoms with E-state index in [1.165, 1.54) is 7.05 Å². The Morgan fingerprint density at radius 3 is 2.00 bits per heavy atom. The molecule has 2 N–H and O–H groups in total. The second kappa shape index (κ2) is 9.43. The van der Waals surface area contributed by atoms with Gasteiger partial charge in [-0.2, -0.15) is 17.5 Å². The van der Waals surface area contributed by atoms with Crippen LogP contribution in [0.4, 0.5) is 13.2 Å². The summed E-state index contributed by atoms with van der Waals surface area (Å²) in [6, 6.07) is -0.276. The van der Waals surface area contributed by atoms with Crippen molar-refractivity contribution < 1.29 is 30.0 Å². The van der Waals surface area contributed by atoms with Crippen LogP contribution in [0.15, 0.2) is 4.99 Å². The normalized spacial score (nSPS) is 18.7. The Labute approximate surface area is 175 Å². The topological polar surface area (TPSA) is 108 Å². The van der Waals surface area contributed by atoms with E-state index >= 15 is 0 Å². The minimum Gasteiger partial charge on any atom is -0.355 e. The zero-order valence-electron chi connectivity index (χ0n) is 15.5. The summed E-state index contributed by atoms with van der Waals surface area (Å²) in [5, 5.41) is 5.86. The number of rotatable bonds is 5. The van der Waals surface area contributed by atoms with Gasteiger partial charge in [0.1, 0.15) is 0 Å². The van der Waals surface area contributed by atoms with Crippen LogP contribution in [0.2, 0.25) is 0 Å². The second-order valence-corrected chi connectivity index (χ2v) is 11.3. The van der Waals surface area contributed by atoms with Crippen molar-refractivity contribution in [2.75, 3.05) is 32.9 Å². The minimum absolute atomic E-state index is 0. The predicted molar refractivity (Wildman–Crippen MR) is 108 cm³/mol. The average Bonchev–Trinajstić information content (AvgIpc) is 2.49. The van der Waals surface area contributed by atoms with Crippen molar-refractivity contribution in [2.45, 2.75) is 43.0 Å². The first-order valence-corrected chi connectivity index (χ1v) is 11.2. The Hall–Kier alpha value is -0.350. The fourth-order valence-corrected chi connectivity index (χ4v) is 3.52. The van der Waals surface area contributed by atoms with Crippen LogP contribution in [0.1, 0.15) is 26.7 Å². The summed E-state index contributed by atoms with van der Waals surface area (Å²) in [6.45, 7) is 2.69. The van der Waals surface area contributed by atoms with Crippen LogP contribution in [0.25, 0.3) is 0 Å². The monoisotopic (exact) mass is 550 g/mol. The standard InChI is InChI=1S/C13H25F3N4O4S2.HI/c1-12(2,25(4,21)22)9-18-11(17-3)19-10-5-7-20(8-6-10)26(23,24)13(14,15)16;/h10H,5-9H2,1-4H3,(H2,17,18,19);1H. The Morgan fingerprint density at radius 1 is 1.15 bits per heavy atom. The van der Waals surface area contributed by atoms with Crippen molar-refractivity contribution in [1.82, 2.24) is 14.9 Å². The maximum Gasteiger partial charge on any atom is 0.511 e. The third kappa shape index (κ3) is 6.88. The van der Waals surface area contributed by atoms with E-state index in [1.807, 2.05) is 0 Å². The molecule has 14 heteroatoms. The fraction of sp³-hybridized carbons (Fsp3) is 0.923. The summed E-state index contributed by atoms with van der Waals surface area (Å²) in [5.41, 5.74) is -5.30. The lowest BCUT2D eigenvalue weighted by Crippen LogP contribution is -2.53. The van der Waals surface area contributed by atoms with Gasteiger partial charge in [-0.15, -0.1) is 24.0 Å². The highest BCUT2D eigenvalue weighted by Gasteiger charge is 2.50. The van der Waals surface area contributed by atoms with Crippen molar-refractivity contribution in [3.8, 4) is 0 Å². The maximum absolute atomic E-state index is 12.6. The van der Waals surface area contributed by atoms with Gasteiger partial charge in [-0.1, -0.05) is 0 Å². The molecule has 1 heterocycles. The molecule has 0 spiro atoms. The molecule has 1 aliphatic rings. The van der Waals surface area contributed by atoms with Crippen LogP contribution in [0.5, 0.6) is 0 Å². The smallest absolute Gasteiger partial charge is 0.355 e. The van der Waals surface area contributed by atoms with Gasteiger partial charge >= 0.3 is 15.5 Å². The minimum atomic E-state index is -5.31. The molecule has 1 aliphatic heterocycles. The van der Waals surface area contributed by atoms with Crippen LogP contribution in [-0.4, -0.2) is 76.3 Å². The fourth-order valence-electron chi connectivity index (χ4n) is 2.20. The molecule has 1 fully saturated rings. The first-order chi connectivity index (χ1) is 11.6. The van der Waals surface area contributed by atoms with Gasteiger partial charge in [-0.3, -0.25) is 4.99 Å². The molecule has 0 saturated carbocycles. The van der Waals surface area contributed by atoms with Crippen LogP contribution >= 0.6 is 24.0 Å². The maximum atomic E-state index is 12.6. The van der Waals surface area contributed by atoms with Crippen LogP contribution in [-0.2, 0) is 19.9 Å². The molecular formula is C13H26F3IN4O4S2. The van der Waals surface area contributed by atoms with Crippen LogP contribution in [0.3, 0.4) is 0 Å². The highest BCUT2D eigenvalue weighted by Crippen LogP contribution is 2.28. The number of sulfone groups is 1. The van der Waals surface area contributed by atoms with Crippen molar-refractivity contribution in [3.63, 3.8) is 0 Å². The molecule has 1 rings (SSSR count). The number of guanidine groups is 1. The average molecular weight is 550 g/mol. The number of nitrogens with zero attached hydrogens (tertiary/aromatic N) is 2. The third-order valence-corrected chi connectivity index (χ3v) is 8.12. The Kier molecular flexibility index (Phi) is 9.31. The van der Waals surface area contributed by atoms with Crippen LogP contribution < -0.4 is 10.6 Å². The number of alkyl halides is 3. The molecule has 27 heavy (non-hydrogen) atoms. The number of hydrogen-bond donors (Lipinski definition) is 2. The van der Waals surface area contributed by atoms with Crippen molar-refractivity contribution in [1.29, 1.82) is 0 Å².